The third kappa shape index (κ3) is 1.14. The molecule has 0 N–H and O–H groups in total. The lowest BCUT2D eigenvalue weighted by molar-refractivity contribution is 0.201. The summed E-state index contributed by atoms with van der Waals surface area (Å²) in [6, 6.07) is 10.9. The zero-order chi connectivity index (χ0) is 10.2. The highest BCUT2D eigenvalue weighted by Gasteiger charge is 2.45. The van der Waals surface area contributed by atoms with Crippen molar-refractivity contribution in [1.82, 2.24) is 0 Å². The Morgan fingerprint density at radius 2 is 2.00 bits per heavy atom. The van der Waals surface area contributed by atoms with Crippen LogP contribution in [0.3, 0.4) is 0 Å². The Morgan fingerprint density at radius 1 is 1.36 bits per heavy atom. The van der Waals surface area contributed by atoms with E-state index in [9.17, 15) is 5.26 Å². The largest absolute Gasteiger partial charge is 0.197 e. The summed E-state index contributed by atoms with van der Waals surface area (Å²) in [7, 11) is 0. The van der Waals surface area contributed by atoms with E-state index < -0.39 is 0 Å². The van der Waals surface area contributed by atoms with Crippen molar-refractivity contribution < 1.29 is 0 Å². The molecule has 0 aliphatic heterocycles. The number of nitriles is 1. The fourth-order valence-electron chi connectivity index (χ4n) is 2.23. The van der Waals surface area contributed by atoms with E-state index in [1.807, 2.05) is 0 Å². The van der Waals surface area contributed by atoms with Crippen LogP contribution < -0.4 is 0 Å². The van der Waals surface area contributed by atoms with E-state index in [-0.39, 0.29) is 5.41 Å². The lowest BCUT2D eigenvalue weighted by Gasteiger charge is -2.42. The van der Waals surface area contributed by atoms with Gasteiger partial charge in [-0.1, -0.05) is 36.8 Å². The van der Waals surface area contributed by atoms with E-state index >= 15 is 0 Å². The summed E-state index contributed by atoms with van der Waals surface area (Å²) in [5.41, 5.74) is 2.27. The first-order chi connectivity index (χ1) is 6.69. The lowest BCUT2D eigenvalue weighted by Crippen LogP contribution is -2.41. The van der Waals surface area contributed by atoms with Gasteiger partial charge >= 0.3 is 0 Å². The summed E-state index contributed by atoms with van der Waals surface area (Å²) in [6.45, 7) is 4.25. The molecule has 0 amide bonds. The molecule has 14 heavy (non-hydrogen) atoms. The Balaban J connectivity index is 2.39. The highest BCUT2D eigenvalue weighted by atomic mass is 14.5. The minimum absolute atomic E-state index is 0.187. The summed E-state index contributed by atoms with van der Waals surface area (Å²) < 4.78 is 0. The number of nitrogens with zero attached hydrogens (tertiary/aromatic N) is 1. The Labute approximate surface area is 85.4 Å². The highest BCUT2D eigenvalue weighted by Crippen LogP contribution is 2.47. The van der Waals surface area contributed by atoms with Gasteiger partial charge in [0.25, 0.3) is 0 Å². The number of benzene rings is 1. The van der Waals surface area contributed by atoms with Gasteiger partial charge in [0.15, 0.2) is 0 Å². The molecule has 0 saturated heterocycles. The van der Waals surface area contributed by atoms with Gasteiger partial charge < -0.3 is 0 Å². The van der Waals surface area contributed by atoms with Crippen molar-refractivity contribution in [1.29, 1.82) is 5.26 Å². The summed E-state index contributed by atoms with van der Waals surface area (Å²) >= 11 is 0. The van der Waals surface area contributed by atoms with E-state index in [4.69, 9.17) is 0 Å². The fraction of sp³-hybridized carbons (Fsp3) is 0.462. The molecule has 1 aliphatic rings. The van der Waals surface area contributed by atoms with Crippen LogP contribution in [0.15, 0.2) is 24.3 Å². The maximum Gasteiger partial charge on any atom is 0.0847 e. The van der Waals surface area contributed by atoms with Gasteiger partial charge in [0.2, 0.25) is 0 Å². The minimum atomic E-state index is -0.187. The average Bonchev–Trinajstić information content (AvgIpc) is 2.20. The molecule has 2 atom stereocenters. The first-order valence-electron chi connectivity index (χ1n) is 5.17. The summed E-state index contributed by atoms with van der Waals surface area (Å²) in [4.78, 5) is 0. The molecular formula is C13H15N. The summed E-state index contributed by atoms with van der Waals surface area (Å²) in [6.07, 6.45) is 2.20. The van der Waals surface area contributed by atoms with Crippen molar-refractivity contribution in [3.05, 3.63) is 35.4 Å². The van der Waals surface area contributed by atoms with Crippen LogP contribution in [0, 0.1) is 24.2 Å². The third-order valence-electron chi connectivity index (χ3n) is 3.58. The molecule has 0 spiro atoms. The van der Waals surface area contributed by atoms with E-state index in [1.54, 1.807) is 0 Å². The summed E-state index contributed by atoms with van der Waals surface area (Å²) in [5, 5.41) is 9.28. The first kappa shape index (κ1) is 9.27. The lowest BCUT2D eigenvalue weighted by atomic mass is 9.58. The van der Waals surface area contributed by atoms with Crippen molar-refractivity contribution >= 4 is 0 Å². The van der Waals surface area contributed by atoms with Gasteiger partial charge in [-0.3, -0.25) is 0 Å². The average molecular weight is 185 g/mol. The van der Waals surface area contributed by atoms with Gasteiger partial charge in [-0.15, -0.1) is 0 Å². The topological polar surface area (TPSA) is 23.8 Å². The number of aryl methyl sites for hydroxylation is 1. The zero-order valence-corrected chi connectivity index (χ0v) is 8.75. The molecule has 1 aromatic rings. The standard InChI is InChI=1S/C13H15N/c1-10-3-5-12(6-4-10)13(9-14)8-7-11(13)2/h3-6,11H,7-8H2,1-2H3. The highest BCUT2D eigenvalue weighted by molar-refractivity contribution is 5.37. The maximum absolute atomic E-state index is 9.28. The van der Waals surface area contributed by atoms with E-state index in [2.05, 4.69) is 44.2 Å². The molecular weight excluding hydrogens is 170 g/mol. The van der Waals surface area contributed by atoms with Crippen LogP contribution in [-0.2, 0) is 5.41 Å². The van der Waals surface area contributed by atoms with Gasteiger partial charge in [-0.05, 0) is 31.2 Å². The number of hydrogen-bond donors (Lipinski definition) is 0. The van der Waals surface area contributed by atoms with Gasteiger partial charge in [0.05, 0.1) is 11.5 Å². The fourth-order valence-corrected chi connectivity index (χ4v) is 2.23. The molecule has 0 bridgehead atoms. The first-order valence-corrected chi connectivity index (χ1v) is 5.17. The Hall–Kier alpha value is -1.29. The molecule has 0 radical (unpaired) electrons. The predicted molar refractivity (Wildman–Crippen MR) is 56.9 cm³/mol. The van der Waals surface area contributed by atoms with Crippen LogP contribution in [0.25, 0.3) is 0 Å². The molecule has 1 aromatic carbocycles. The molecule has 2 unspecified atom stereocenters. The molecule has 1 fully saturated rings. The van der Waals surface area contributed by atoms with Gasteiger partial charge in [-0.25, -0.2) is 0 Å². The summed E-state index contributed by atoms with van der Waals surface area (Å²) in [5.74, 6) is 0.509. The second-order valence-electron chi connectivity index (χ2n) is 4.39. The smallest absolute Gasteiger partial charge is 0.0847 e. The van der Waals surface area contributed by atoms with Crippen LogP contribution in [0.4, 0.5) is 0 Å². The Morgan fingerprint density at radius 3 is 2.36 bits per heavy atom. The van der Waals surface area contributed by atoms with Crippen LogP contribution in [-0.4, -0.2) is 0 Å². The Kier molecular flexibility index (Phi) is 2.07. The quantitative estimate of drug-likeness (QED) is 0.659. The molecule has 0 aromatic heterocycles. The van der Waals surface area contributed by atoms with Crippen molar-refractivity contribution in [2.24, 2.45) is 5.92 Å². The van der Waals surface area contributed by atoms with Crippen LogP contribution in [0.2, 0.25) is 0 Å². The minimum Gasteiger partial charge on any atom is -0.197 e. The van der Waals surface area contributed by atoms with E-state index in [0.29, 0.717) is 5.92 Å². The second-order valence-corrected chi connectivity index (χ2v) is 4.39. The molecule has 1 saturated carbocycles. The normalized spacial score (nSPS) is 30.5. The van der Waals surface area contributed by atoms with E-state index in [0.717, 1.165) is 6.42 Å². The molecule has 72 valence electrons. The monoisotopic (exact) mass is 185 g/mol. The predicted octanol–water partition coefficient (Wildman–Crippen LogP) is 3.19. The van der Waals surface area contributed by atoms with Crippen molar-refractivity contribution in [2.45, 2.75) is 32.1 Å². The number of rotatable bonds is 1. The zero-order valence-electron chi connectivity index (χ0n) is 8.75. The molecule has 1 heteroatoms. The van der Waals surface area contributed by atoms with E-state index in [1.165, 1.54) is 17.5 Å². The van der Waals surface area contributed by atoms with Crippen molar-refractivity contribution in [3.63, 3.8) is 0 Å². The number of hydrogen-bond acceptors (Lipinski definition) is 1. The van der Waals surface area contributed by atoms with Gasteiger partial charge in [-0.2, -0.15) is 5.26 Å². The Bertz CT molecular complexity index is 371. The third-order valence-corrected chi connectivity index (χ3v) is 3.58. The maximum atomic E-state index is 9.28. The van der Waals surface area contributed by atoms with Gasteiger partial charge in [0.1, 0.15) is 0 Å². The molecule has 0 heterocycles. The second kappa shape index (κ2) is 3.13. The van der Waals surface area contributed by atoms with Crippen LogP contribution >= 0.6 is 0 Å². The van der Waals surface area contributed by atoms with Crippen LogP contribution in [0.1, 0.15) is 30.9 Å². The molecule has 1 aliphatic carbocycles. The van der Waals surface area contributed by atoms with Crippen LogP contribution in [0.5, 0.6) is 0 Å². The molecule has 1 nitrogen and oxygen atoms in total. The van der Waals surface area contributed by atoms with Gasteiger partial charge in [0, 0.05) is 0 Å². The van der Waals surface area contributed by atoms with Crippen molar-refractivity contribution in [3.8, 4) is 6.07 Å². The molecule has 2 rings (SSSR count). The SMILES string of the molecule is Cc1ccc(C2(C#N)CCC2C)cc1. The van der Waals surface area contributed by atoms with Crippen molar-refractivity contribution in [2.75, 3.05) is 0 Å².